The number of carbonyl (C=O) groups is 2. The Kier molecular flexibility index (Phi) is 8.00. The van der Waals surface area contributed by atoms with Gasteiger partial charge in [-0.3, -0.25) is 9.59 Å². The summed E-state index contributed by atoms with van der Waals surface area (Å²) in [5.74, 6) is -2.42. The van der Waals surface area contributed by atoms with Crippen molar-refractivity contribution in [3.63, 3.8) is 0 Å². The molecule has 11 heteroatoms. The van der Waals surface area contributed by atoms with Crippen LogP contribution in [0, 0.1) is 5.92 Å². The van der Waals surface area contributed by atoms with Crippen molar-refractivity contribution in [3.05, 3.63) is 76.9 Å². The maximum Gasteiger partial charge on any atom is 0.417 e. The minimum Gasteiger partial charge on any atom is -0.497 e. The molecule has 36 heavy (non-hydrogen) atoms. The average molecular weight is 515 g/mol. The zero-order valence-corrected chi connectivity index (χ0v) is 19.2. The van der Waals surface area contributed by atoms with Crippen molar-refractivity contribution < 1.29 is 45.4 Å². The minimum atomic E-state index is -5.18. The Balaban J connectivity index is 1.82. The van der Waals surface area contributed by atoms with E-state index in [-0.39, 0.29) is 19.1 Å². The van der Waals surface area contributed by atoms with E-state index in [0.29, 0.717) is 23.4 Å². The highest BCUT2D eigenvalue weighted by molar-refractivity contribution is 5.96. The second-order valence-corrected chi connectivity index (χ2v) is 8.13. The molecule has 3 atom stereocenters. The average Bonchev–Trinajstić information content (AvgIpc) is 3.25. The Morgan fingerprint density at radius 3 is 2.36 bits per heavy atom. The number of benzene rings is 2. The lowest BCUT2D eigenvalue weighted by Gasteiger charge is -2.23. The molecule has 194 valence electrons. The second kappa shape index (κ2) is 10.6. The molecule has 0 aliphatic heterocycles. The molecule has 2 aromatic carbocycles. The van der Waals surface area contributed by atoms with Crippen LogP contribution in [0.1, 0.15) is 46.3 Å². The summed E-state index contributed by atoms with van der Waals surface area (Å²) in [6.45, 7) is 1.78. The lowest BCUT2D eigenvalue weighted by atomic mass is 9.85. The summed E-state index contributed by atoms with van der Waals surface area (Å²) >= 11 is 0. The predicted octanol–water partition coefficient (Wildman–Crippen LogP) is 5.75. The van der Waals surface area contributed by atoms with Crippen molar-refractivity contribution in [2.75, 3.05) is 13.7 Å². The van der Waals surface area contributed by atoms with E-state index in [2.05, 4.69) is 5.32 Å². The molecule has 1 N–H and O–H groups in total. The van der Waals surface area contributed by atoms with E-state index < -0.39 is 58.8 Å². The molecule has 1 amide bonds. The Morgan fingerprint density at radius 2 is 1.75 bits per heavy atom. The lowest BCUT2D eigenvalue weighted by molar-refractivity contribution is -0.146. The first-order chi connectivity index (χ1) is 16.8. The van der Waals surface area contributed by atoms with Gasteiger partial charge in [0.2, 0.25) is 0 Å². The first-order valence-electron chi connectivity index (χ1n) is 10.9. The smallest absolute Gasteiger partial charge is 0.417 e. The number of hydrogen-bond donors (Lipinski definition) is 1. The van der Waals surface area contributed by atoms with Crippen molar-refractivity contribution >= 4 is 11.9 Å². The van der Waals surface area contributed by atoms with Gasteiger partial charge in [-0.15, -0.1) is 0 Å². The number of amides is 1. The van der Waals surface area contributed by atoms with Crippen LogP contribution in [0.2, 0.25) is 0 Å². The van der Waals surface area contributed by atoms with Crippen LogP contribution in [-0.2, 0) is 21.9 Å². The van der Waals surface area contributed by atoms with Crippen molar-refractivity contribution in [1.82, 2.24) is 5.32 Å². The second-order valence-electron chi connectivity index (χ2n) is 8.13. The molecule has 2 aromatic rings. The van der Waals surface area contributed by atoms with Crippen LogP contribution in [0.5, 0.6) is 5.75 Å². The molecule has 3 rings (SSSR count). The molecule has 0 fully saturated rings. The molecule has 0 saturated heterocycles. The van der Waals surface area contributed by atoms with Crippen LogP contribution >= 0.6 is 0 Å². The first-order valence-corrected chi connectivity index (χ1v) is 10.9. The highest BCUT2D eigenvalue weighted by Gasteiger charge is 2.40. The van der Waals surface area contributed by atoms with Crippen LogP contribution in [0.15, 0.2) is 54.6 Å². The van der Waals surface area contributed by atoms with Crippen LogP contribution in [0.4, 0.5) is 26.3 Å². The van der Waals surface area contributed by atoms with Gasteiger partial charge in [0.15, 0.2) is 0 Å². The summed E-state index contributed by atoms with van der Waals surface area (Å²) in [5, 5.41) is 2.41. The van der Waals surface area contributed by atoms with E-state index >= 15 is 0 Å². The van der Waals surface area contributed by atoms with Crippen molar-refractivity contribution in [1.29, 1.82) is 0 Å². The third kappa shape index (κ3) is 6.19. The maximum absolute atomic E-state index is 13.4. The maximum atomic E-state index is 13.4. The van der Waals surface area contributed by atoms with E-state index in [1.165, 1.54) is 13.2 Å². The van der Waals surface area contributed by atoms with Gasteiger partial charge >= 0.3 is 18.3 Å². The number of allylic oxidation sites excluding steroid dienone is 1. The number of hydrogen-bond acceptors (Lipinski definition) is 4. The topological polar surface area (TPSA) is 64.6 Å². The van der Waals surface area contributed by atoms with E-state index in [0.717, 1.165) is 0 Å². The molecule has 0 aromatic heterocycles. The van der Waals surface area contributed by atoms with E-state index in [1.54, 1.807) is 37.3 Å². The van der Waals surface area contributed by atoms with Gasteiger partial charge in [-0.25, -0.2) is 0 Å². The predicted molar refractivity (Wildman–Crippen MR) is 117 cm³/mol. The van der Waals surface area contributed by atoms with E-state index in [9.17, 15) is 35.9 Å². The van der Waals surface area contributed by atoms with Crippen LogP contribution in [0.3, 0.4) is 0 Å². The number of methoxy groups -OCH3 is 1. The lowest BCUT2D eigenvalue weighted by Crippen LogP contribution is -2.35. The number of rotatable bonds is 7. The zero-order valence-electron chi connectivity index (χ0n) is 19.2. The first kappa shape index (κ1) is 27.1. The third-order valence-corrected chi connectivity index (χ3v) is 5.75. The Bertz CT molecular complexity index is 1140. The summed E-state index contributed by atoms with van der Waals surface area (Å²) in [6, 6.07) is 6.87. The standard InChI is InChI=1S/C25H23F6NO4/c1-3-36-23(34)21(14-5-4-6-18(12-14)35-2)15-7-9-17(11-15)32-22(33)19-10-8-16(24(26,27)28)13-20(19)25(29,30)31/h4-10,12-13,15,17,21H,3,11H2,1-2H3,(H,32,33)/t15-,17-,21+/m0/s1. The summed E-state index contributed by atoms with van der Waals surface area (Å²) in [5.41, 5.74) is -3.53. The molecule has 1 aliphatic carbocycles. The number of ether oxygens (including phenoxy) is 2. The Morgan fingerprint density at radius 1 is 1.03 bits per heavy atom. The van der Waals surface area contributed by atoms with E-state index in [4.69, 9.17) is 9.47 Å². The van der Waals surface area contributed by atoms with E-state index in [1.807, 2.05) is 0 Å². The molecular formula is C25H23F6NO4. The number of nitrogens with one attached hydrogen (secondary N) is 1. The highest BCUT2D eigenvalue weighted by Crippen LogP contribution is 2.38. The zero-order chi connectivity index (χ0) is 26.7. The van der Waals surface area contributed by atoms with Crippen LogP contribution in [-0.4, -0.2) is 31.6 Å². The molecule has 0 unspecified atom stereocenters. The molecule has 0 radical (unpaired) electrons. The minimum absolute atomic E-state index is 0.0816. The van der Waals surface area contributed by atoms with Gasteiger partial charge in [-0.2, -0.15) is 26.3 Å². The highest BCUT2D eigenvalue weighted by atomic mass is 19.4. The number of carbonyl (C=O) groups excluding carboxylic acids is 2. The SMILES string of the molecule is CCOC(=O)[C@H](c1cccc(OC)c1)[C@H]1C=C[C@H](NC(=O)c2ccc(C(F)(F)F)cc2C(F)(F)F)C1. The Hall–Kier alpha value is -3.50. The fourth-order valence-corrected chi connectivity index (χ4v) is 4.11. The fraction of sp³-hybridized carbons (Fsp3) is 0.360. The van der Waals surface area contributed by atoms with Gasteiger partial charge in [0.25, 0.3) is 5.91 Å². The van der Waals surface area contributed by atoms with Crippen molar-refractivity contribution in [2.45, 2.75) is 37.7 Å². The van der Waals surface area contributed by atoms with Gasteiger partial charge < -0.3 is 14.8 Å². The monoisotopic (exact) mass is 515 g/mol. The molecule has 0 saturated carbocycles. The fourth-order valence-electron chi connectivity index (χ4n) is 4.11. The van der Waals surface area contributed by atoms with Gasteiger partial charge in [-0.05, 0) is 55.2 Å². The Labute approximate surface area is 203 Å². The normalized spacial score (nSPS) is 18.6. The largest absolute Gasteiger partial charge is 0.497 e. The van der Waals surface area contributed by atoms with Gasteiger partial charge in [0.1, 0.15) is 5.75 Å². The third-order valence-electron chi connectivity index (χ3n) is 5.75. The summed E-state index contributed by atoms with van der Waals surface area (Å²) in [6.07, 6.45) is -6.83. The molecule has 0 bridgehead atoms. The number of alkyl halides is 6. The van der Waals surface area contributed by atoms with Crippen LogP contribution < -0.4 is 10.1 Å². The van der Waals surface area contributed by atoms with Crippen molar-refractivity contribution in [2.24, 2.45) is 5.92 Å². The molecule has 0 spiro atoms. The molecular weight excluding hydrogens is 492 g/mol. The number of halogens is 6. The molecule has 0 heterocycles. The quantitative estimate of drug-likeness (QED) is 0.290. The summed E-state index contributed by atoms with van der Waals surface area (Å²) in [7, 11) is 1.47. The summed E-state index contributed by atoms with van der Waals surface area (Å²) in [4.78, 5) is 25.4. The van der Waals surface area contributed by atoms with Crippen LogP contribution in [0.25, 0.3) is 0 Å². The van der Waals surface area contributed by atoms with Gasteiger partial charge in [0.05, 0.1) is 36.3 Å². The van der Waals surface area contributed by atoms with Gasteiger partial charge in [0, 0.05) is 6.04 Å². The number of esters is 1. The van der Waals surface area contributed by atoms with Gasteiger partial charge in [-0.1, -0.05) is 24.3 Å². The molecule has 1 aliphatic rings. The molecule has 5 nitrogen and oxygen atoms in total. The van der Waals surface area contributed by atoms with Crippen molar-refractivity contribution in [3.8, 4) is 5.75 Å². The summed E-state index contributed by atoms with van der Waals surface area (Å²) < 4.78 is 89.5.